The minimum absolute atomic E-state index is 0. The van der Waals surface area contributed by atoms with Crippen molar-refractivity contribution in [3.63, 3.8) is 0 Å². The maximum Gasteiger partial charge on any atom is 0.0430 e. The van der Waals surface area contributed by atoms with Gasteiger partial charge >= 0.3 is 0 Å². The molecular weight excluding hydrogens is 192 g/mol. The van der Waals surface area contributed by atoms with Gasteiger partial charge in [-0.25, -0.2) is 0 Å². The SMILES string of the molecule is CCCCCC.CCCCO.CCO.O. The van der Waals surface area contributed by atoms with Crippen LogP contribution in [0.25, 0.3) is 0 Å². The smallest absolute Gasteiger partial charge is 0.0430 e. The second kappa shape index (κ2) is 37.1. The van der Waals surface area contributed by atoms with Crippen molar-refractivity contribution < 1.29 is 15.7 Å². The number of aliphatic hydroxyl groups is 2. The summed E-state index contributed by atoms with van der Waals surface area (Å²) in [5.41, 5.74) is 0. The Balaban J connectivity index is -0.0000000617. The molecule has 0 atom stereocenters. The molecular formula is C12H32O3. The summed E-state index contributed by atoms with van der Waals surface area (Å²) in [6.45, 7) is 8.79. The first kappa shape index (κ1) is 24.2. The third kappa shape index (κ3) is 82.3. The fraction of sp³-hybridized carbons (Fsp3) is 1.00. The Bertz CT molecular complexity index is 52.8. The molecule has 0 saturated heterocycles. The molecule has 0 amide bonds. The lowest BCUT2D eigenvalue weighted by Gasteiger charge is -1.86. The molecule has 0 aliphatic heterocycles. The minimum atomic E-state index is 0. The summed E-state index contributed by atoms with van der Waals surface area (Å²) in [5, 5.41) is 15.6. The van der Waals surface area contributed by atoms with Crippen molar-refractivity contribution in [2.75, 3.05) is 13.2 Å². The van der Waals surface area contributed by atoms with Crippen molar-refractivity contribution in [2.24, 2.45) is 0 Å². The van der Waals surface area contributed by atoms with Crippen molar-refractivity contribution in [3.8, 4) is 0 Å². The van der Waals surface area contributed by atoms with Crippen LogP contribution in [0.5, 0.6) is 0 Å². The van der Waals surface area contributed by atoms with Gasteiger partial charge in [0.1, 0.15) is 0 Å². The lowest BCUT2D eigenvalue weighted by atomic mass is 10.2. The third-order valence-corrected chi connectivity index (χ3v) is 1.47. The van der Waals surface area contributed by atoms with Crippen LogP contribution in [0, 0.1) is 0 Å². The Labute approximate surface area is 95.8 Å². The van der Waals surface area contributed by atoms with E-state index in [0.29, 0.717) is 6.61 Å². The summed E-state index contributed by atoms with van der Waals surface area (Å²) in [4.78, 5) is 0. The zero-order valence-corrected chi connectivity index (χ0v) is 11.1. The molecule has 15 heavy (non-hydrogen) atoms. The molecule has 0 saturated carbocycles. The Kier molecular flexibility index (Phi) is 59.9. The molecule has 4 N–H and O–H groups in total. The summed E-state index contributed by atoms with van der Waals surface area (Å²) < 4.78 is 0. The first-order chi connectivity index (χ1) is 6.74. The molecule has 0 rings (SSSR count). The largest absolute Gasteiger partial charge is 0.412 e. The standard InChI is InChI=1S/C6H14.C4H10O.C2H6O.H2O/c1-3-5-6-4-2;1-2-3-4-5;1-2-3;/h3-6H2,1-2H3;5H,2-4H2,1H3;3H,2H2,1H3;1H2. The number of rotatable bonds is 5. The molecule has 98 valence electrons. The minimum Gasteiger partial charge on any atom is -0.412 e. The molecule has 3 nitrogen and oxygen atoms in total. The van der Waals surface area contributed by atoms with Crippen LogP contribution in [0.3, 0.4) is 0 Å². The lowest BCUT2D eigenvalue weighted by molar-refractivity contribution is 0.287. The van der Waals surface area contributed by atoms with Gasteiger partial charge in [0.15, 0.2) is 0 Å². The topological polar surface area (TPSA) is 72.0 Å². The Morgan fingerprint density at radius 2 is 0.933 bits per heavy atom. The van der Waals surface area contributed by atoms with Gasteiger partial charge in [0, 0.05) is 13.2 Å². The summed E-state index contributed by atoms with van der Waals surface area (Å²) in [7, 11) is 0. The van der Waals surface area contributed by atoms with E-state index in [0.717, 1.165) is 12.8 Å². The van der Waals surface area contributed by atoms with Gasteiger partial charge in [-0.1, -0.05) is 52.9 Å². The average molecular weight is 224 g/mol. The molecule has 0 bridgehead atoms. The van der Waals surface area contributed by atoms with Gasteiger partial charge in [-0.15, -0.1) is 0 Å². The monoisotopic (exact) mass is 224 g/mol. The molecule has 0 radical (unpaired) electrons. The van der Waals surface area contributed by atoms with E-state index < -0.39 is 0 Å². The zero-order valence-electron chi connectivity index (χ0n) is 11.1. The molecule has 3 heteroatoms. The predicted molar refractivity (Wildman–Crippen MR) is 68.2 cm³/mol. The van der Waals surface area contributed by atoms with Gasteiger partial charge < -0.3 is 15.7 Å². The van der Waals surface area contributed by atoms with Crippen molar-refractivity contribution in [1.82, 2.24) is 0 Å². The van der Waals surface area contributed by atoms with Crippen LogP contribution >= 0.6 is 0 Å². The maximum absolute atomic E-state index is 8.07. The lowest BCUT2D eigenvalue weighted by Crippen LogP contribution is -1.75. The van der Waals surface area contributed by atoms with Crippen molar-refractivity contribution >= 4 is 0 Å². The summed E-state index contributed by atoms with van der Waals surface area (Å²) in [6, 6.07) is 0. The fourth-order valence-electron chi connectivity index (χ4n) is 0.658. The highest BCUT2D eigenvalue weighted by Gasteiger charge is 1.75. The van der Waals surface area contributed by atoms with Crippen molar-refractivity contribution in [2.45, 2.75) is 66.2 Å². The molecule has 0 unspecified atom stereocenters. The highest BCUT2D eigenvalue weighted by Crippen LogP contribution is 1.95. The van der Waals surface area contributed by atoms with Gasteiger partial charge in [-0.3, -0.25) is 0 Å². The fourth-order valence-corrected chi connectivity index (χ4v) is 0.658. The average Bonchev–Trinajstić information content (AvgIpc) is 2.18. The van der Waals surface area contributed by atoms with Crippen LogP contribution in [0.4, 0.5) is 0 Å². The number of hydrogen-bond donors (Lipinski definition) is 2. The summed E-state index contributed by atoms with van der Waals surface area (Å²) in [6.07, 6.45) is 7.57. The van der Waals surface area contributed by atoms with E-state index in [2.05, 4.69) is 20.8 Å². The molecule has 0 aliphatic rings. The normalized spacial score (nSPS) is 7.60. The van der Waals surface area contributed by atoms with E-state index in [1.54, 1.807) is 6.92 Å². The first-order valence-electron chi connectivity index (χ1n) is 5.96. The van der Waals surface area contributed by atoms with Gasteiger partial charge in [-0.05, 0) is 13.3 Å². The Hall–Kier alpha value is -0.120. The molecule has 0 heterocycles. The molecule has 0 fully saturated rings. The van der Waals surface area contributed by atoms with E-state index in [9.17, 15) is 0 Å². The zero-order chi connectivity index (χ0) is 11.7. The van der Waals surface area contributed by atoms with Gasteiger partial charge in [0.2, 0.25) is 0 Å². The first-order valence-corrected chi connectivity index (χ1v) is 5.96. The second-order valence-electron chi connectivity index (χ2n) is 3.10. The number of aliphatic hydroxyl groups excluding tert-OH is 2. The molecule has 0 spiro atoms. The highest BCUT2D eigenvalue weighted by atomic mass is 16.3. The molecule has 0 aromatic rings. The van der Waals surface area contributed by atoms with Crippen LogP contribution in [-0.2, 0) is 0 Å². The van der Waals surface area contributed by atoms with Gasteiger partial charge in [0.05, 0.1) is 0 Å². The van der Waals surface area contributed by atoms with Crippen LogP contribution in [0.15, 0.2) is 0 Å². The quantitative estimate of drug-likeness (QED) is 0.704. The Morgan fingerprint density at radius 1 is 0.667 bits per heavy atom. The molecule has 0 aliphatic carbocycles. The third-order valence-electron chi connectivity index (χ3n) is 1.47. The van der Waals surface area contributed by atoms with Crippen LogP contribution in [0.1, 0.15) is 66.2 Å². The van der Waals surface area contributed by atoms with Crippen LogP contribution in [0.2, 0.25) is 0 Å². The van der Waals surface area contributed by atoms with E-state index >= 15 is 0 Å². The molecule has 0 aromatic heterocycles. The predicted octanol–water partition coefficient (Wildman–Crippen LogP) is 2.54. The summed E-state index contributed by atoms with van der Waals surface area (Å²) >= 11 is 0. The number of unbranched alkanes of at least 4 members (excludes halogenated alkanes) is 4. The van der Waals surface area contributed by atoms with Crippen molar-refractivity contribution in [1.29, 1.82) is 0 Å². The van der Waals surface area contributed by atoms with Crippen molar-refractivity contribution in [3.05, 3.63) is 0 Å². The maximum atomic E-state index is 8.07. The van der Waals surface area contributed by atoms with Crippen LogP contribution in [-0.4, -0.2) is 28.9 Å². The second-order valence-corrected chi connectivity index (χ2v) is 3.10. The van der Waals surface area contributed by atoms with Gasteiger partial charge in [0.25, 0.3) is 0 Å². The van der Waals surface area contributed by atoms with E-state index in [-0.39, 0.29) is 12.1 Å². The van der Waals surface area contributed by atoms with E-state index in [1.807, 2.05) is 0 Å². The van der Waals surface area contributed by atoms with E-state index in [4.69, 9.17) is 10.2 Å². The van der Waals surface area contributed by atoms with Crippen LogP contribution < -0.4 is 0 Å². The molecule has 0 aromatic carbocycles. The van der Waals surface area contributed by atoms with E-state index in [1.165, 1.54) is 25.7 Å². The highest BCUT2D eigenvalue weighted by molar-refractivity contribution is 4.31. The summed E-state index contributed by atoms with van der Waals surface area (Å²) in [5.74, 6) is 0. The number of hydrogen-bond acceptors (Lipinski definition) is 2. The van der Waals surface area contributed by atoms with Gasteiger partial charge in [-0.2, -0.15) is 0 Å². The Morgan fingerprint density at radius 3 is 1.00 bits per heavy atom.